The largest absolute Gasteiger partial charge is 0.285 e. The van der Waals surface area contributed by atoms with Gasteiger partial charge in [0, 0.05) is 10.3 Å². The third-order valence-electron chi connectivity index (χ3n) is 1.98. The van der Waals surface area contributed by atoms with Crippen LogP contribution in [0, 0.1) is 6.92 Å². The molecule has 2 aromatic rings. The van der Waals surface area contributed by atoms with Crippen LogP contribution in [0.15, 0.2) is 36.7 Å². The van der Waals surface area contributed by atoms with Gasteiger partial charge in [-0.25, -0.2) is 0 Å². The Labute approximate surface area is 70.7 Å². The molecule has 0 bridgehead atoms. The summed E-state index contributed by atoms with van der Waals surface area (Å²) in [6.07, 6.45) is 3.39. The monoisotopic (exact) mass is 160 g/mol. The predicted molar refractivity (Wildman–Crippen MR) is 46.1 cm³/mol. The average molecular weight is 160 g/mol. The van der Waals surface area contributed by atoms with Crippen LogP contribution in [0.5, 0.6) is 0 Å². The van der Waals surface area contributed by atoms with E-state index in [0.29, 0.717) is 0 Å². The normalized spacial score (nSPS) is 10.4. The maximum Gasteiger partial charge on any atom is 0.230 e. The van der Waals surface area contributed by atoms with Crippen molar-refractivity contribution < 1.29 is 9.94 Å². The van der Waals surface area contributed by atoms with Crippen molar-refractivity contribution in [3.8, 4) is 0 Å². The summed E-state index contributed by atoms with van der Waals surface area (Å²) in [5, 5.41) is 11.5. The fourth-order valence-electron chi connectivity index (χ4n) is 1.42. The fraction of sp³-hybridized carbons (Fsp3) is 0.100. The van der Waals surface area contributed by atoms with Crippen LogP contribution in [0.25, 0.3) is 10.8 Å². The SMILES string of the molecule is Cc1c[n+](O)cc2ccccc12. The lowest BCUT2D eigenvalue weighted by Crippen LogP contribution is -2.28. The molecule has 0 spiro atoms. The summed E-state index contributed by atoms with van der Waals surface area (Å²) in [4.78, 5) is 0. The van der Waals surface area contributed by atoms with Crippen molar-refractivity contribution in [2.45, 2.75) is 6.92 Å². The number of fused-ring (bicyclic) bond motifs is 1. The molecule has 1 heterocycles. The first kappa shape index (κ1) is 7.10. The lowest BCUT2D eigenvalue weighted by atomic mass is 10.1. The van der Waals surface area contributed by atoms with Crippen LogP contribution in [-0.4, -0.2) is 5.21 Å². The number of benzene rings is 1. The maximum absolute atomic E-state index is 9.23. The summed E-state index contributed by atoms with van der Waals surface area (Å²) in [7, 11) is 0. The zero-order chi connectivity index (χ0) is 8.55. The number of hydrogen-bond donors (Lipinski definition) is 1. The number of rotatable bonds is 0. The average Bonchev–Trinajstić information content (AvgIpc) is 2.04. The summed E-state index contributed by atoms with van der Waals surface area (Å²) >= 11 is 0. The molecule has 0 aliphatic heterocycles. The van der Waals surface area contributed by atoms with Crippen LogP contribution in [0.2, 0.25) is 0 Å². The van der Waals surface area contributed by atoms with Gasteiger partial charge in [-0.15, -0.1) is 0 Å². The van der Waals surface area contributed by atoms with Crippen molar-refractivity contribution in [3.05, 3.63) is 42.2 Å². The lowest BCUT2D eigenvalue weighted by molar-refractivity contribution is -0.904. The smallest absolute Gasteiger partial charge is 0.230 e. The Morgan fingerprint density at radius 1 is 1.17 bits per heavy atom. The van der Waals surface area contributed by atoms with E-state index >= 15 is 0 Å². The molecule has 0 fully saturated rings. The van der Waals surface area contributed by atoms with Crippen LogP contribution in [0.1, 0.15) is 5.56 Å². The van der Waals surface area contributed by atoms with Crippen molar-refractivity contribution in [1.82, 2.24) is 0 Å². The van der Waals surface area contributed by atoms with Gasteiger partial charge in [-0.3, -0.25) is 5.21 Å². The van der Waals surface area contributed by atoms with E-state index in [1.807, 2.05) is 31.2 Å². The Hall–Kier alpha value is -1.57. The minimum Gasteiger partial charge on any atom is -0.285 e. The molecular formula is C10H10NO+. The molecule has 1 N–H and O–H groups in total. The fourth-order valence-corrected chi connectivity index (χ4v) is 1.42. The molecule has 60 valence electrons. The summed E-state index contributed by atoms with van der Waals surface area (Å²) in [5.41, 5.74) is 1.08. The molecule has 2 heteroatoms. The number of aryl methyl sites for hydroxylation is 1. The summed E-state index contributed by atoms with van der Waals surface area (Å²) in [5.74, 6) is 0. The molecule has 0 atom stereocenters. The van der Waals surface area contributed by atoms with Gasteiger partial charge in [-0.2, -0.15) is 0 Å². The first-order valence-electron chi connectivity index (χ1n) is 3.87. The van der Waals surface area contributed by atoms with Gasteiger partial charge in [-0.1, -0.05) is 18.2 Å². The van der Waals surface area contributed by atoms with E-state index in [1.165, 1.54) is 5.39 Å². The molecular weight excluding hydrogens is 150 g/mol. The Morgan fingerprint density at radius 2 is 1.92 bits per heavy atom. The van der Waals surface area contributed by atoms with Crippen LogP contribution >= 0.6 is 0 Å². The highest BCUT2D eigenvalue weighted by atomic mass is 16.5. The number of hydrogen-bond acceptors (Lipinski definition) is 1. The van der Waals surface area contributed by atoms with E-state index in [1.54, 1.807) is 12.4 Å². The van der Waals surface area contributed by atoms with Crippen molar-refractivity contribution in [2.24, 2.45) is 0 Å². The van der Waals surface area contributed by atoms with Crippen LogP contribution in [-0.2, 0) is 0 Å². The molecule has 0 saturated heterocycles. The molecule has 2 nitrogen and oxygen atoms in total. The predicted octanol–water partition coefficient (Wildman–Crippen LogP) is 1.67. The molecule has 1 aromatic carbocycles. The standard InChI is InChI=1S/C10H10NO/c1-8-6-11(12)7-9-4-2-3-5-10(8)9/h2-7,12H,1H3/q+1. The van der Waals surface area contributed by atoms with Crippen molar-refractivity contribution in [3.63, 3.8) is 0 Å². The highest BCUT2D eigenvalue weighted by molar-refractivity contribution is 5.83. The van der Waals surface area contributed by atoms with Gasteiger partial charge in [-0.05, 0) is 18.4 Å². The zero-order valence-electron chi connectivity index (χ0n) is 6.86. The number of nitrogens with zero attached hydrogens (tertiary/aromatic N) is 1. The molecule has 0 aliphatic carbocycles. The van der Waals surface area contributed by atoms with Gasteiger partial charge in [0.1, 0.15) is 0 Å². The second kappa shape index (κ2) is 2.48. The van der Waals surface area contributed by atoms with Crippen molar-refractivity contribution >= 4 is 10.8 Å². The second-order valence-corrected chi connectivity index (χ2v) is 2.91. The molecule has 12 heavy (non-hydrogen) atoms. The molecule has 1 aromatic heterocycles. The van der Waals surface area contributed by atoms with E-state index in [0.717, 1.165) is 15.7 Å². The van der Waals surface area contributed by atoms with Gasteiger partial charge >= 0.3 is 0 Å². The second-order valence-electron chi connectivity index (χ2n) is 2.91. The number of pyridine rings is 1. The Kier molecular flexibility index (Phi) is 1.47. The topological polar surface area (TPSA) is 24.1 Å². The minimum atomic E-state index is 1.06. The van der Waals surface area contributed by atoms with Crippen LogP contribution < -0.4 is 4.73 Å². The summed E-state index contributed by atoms with van der Waals surface area (Å²) in [6.45, 7) is 1.98. The van der Waals surface area contributed by atoms with E-state index in [9.17, 15) is 5.21 Å². The van der Waals surface area contributed by atoms with Gasteiger partial charge in [0.25, 0.3) is 0 Å². The van der Waals surface area contributed by atoms with E-state index in [4.69, 9.17) is 0 Å². The molecule has 0 radical (unpaired) electrons. The molecule has 2 rings (SSSR count). The van der Waals surface area contributed by atoms with Gasteiger partial charge < -0.3 is 0 Å². The summed E-state index contributed by atoms with van der Waals surface area (Å²) in [6, 6.07) is 7.98. The first-order valence-corrected chi connectivity index (χ1v) is 3.87. The molecule has 0 amide bonds. The zero-order valence-corrected chi connectivity index (χ0v) is 6.86. The Balaban J connectivity index is 2.89. The van der Waals surface area contributed by atoms with Gasteiger partial charge in [0.2, 0.25) is 12.4 Å². The number of aromatic nitrogens is 1. The third kappa shape index (κ3) is 1.01. The van der Waals surface area contributed by atoms with Crippen molar-refractivity contribution in [2.75, 3.05) is 0 Å². The minimum absolute atomic E-state index is 1.06. The molecule has 0 aliphatic rings. The highest BCUT2D eigenvalue weighted by Gasteiger charge is 2.03. The van der Waals surface area contributed by atoms with Crippen molar-refractivity contribution in [1.29, 1.82) is 0 Å². The van der Waals surface area contributed by atoms with Gasteiger partial charge in [0.05, 0.1) is 5.39 Å². The van der Waals surface area contributed by atoms with Gasteiger partial charge in [0.15, 0.2) is 0 Å². The highest BCUT2D eigenvalue weighted by Crippen LogP contribution is 2.14. The maximum atomic E-state index is 9.23. The van der Waals surface area contributed by atoms with E-state index < -0.39 is 0 Å². The van der Waals surface area contributed by atoms with Crippen LogP contribution in [0.4, 0.5) is 0 Å². The Bertz CT molecular complexity index is 423. The molecule has 0 unspecified atom stereocenters. The molecule has 0 saturated carbocycles. The van der Waals surface area contributed by atoms with Crippen LogP contribution in [0.3, 0.4) is 0 Å². The van der Waals surface area contributed by atoms with E-state index in [2.05, 4.69) is 0 Å². The van der Waals surface area contributed by atoms with E-state index in [-0.39, 0.29) is 0 Å². The quantitative estimate of drug-likeness (QED) is 0.460. The third-order valence-corrected chi connectivity index (χ3v) is 1.98. The summed E-state index contributed by atoms with van der Waals surface area (Å²) < 4.78 is 1.09. The Morgan fingerprint density at radius 3 is 2.75 bits per heavy atom. The lowest BCUT2D eigenvalue weighted by Gasteiger charge is -1.96. The first-order chi connectivity index (χ1) is 5.77.